The minimum atomic E-state index is -0.522. The van der Waals surface area contributed by atoms with Crippen LogP contribution in [0.2, 0.25) is 0 Å². The normalized spacial score (nSPS) is 12.0. The molecule has 1 N–H and O–H groups in total. The lowest BCUT2D eigenvalue weighted by atomic mass is 9.97. The van der Waals surface area contributed by atoms with E-state index in [2.05, 4.69) is 24.0 Å². The Morgan fingerprint density at radius 3 is 2.18 bits per heavy atom. The SMILES string of the molecule is CCN(CC(O)c1c(C)cc(OC)cc1C)c1ccccc1. The van der Waals surface area contributed by atoms with Crippen molar-refractivity contribution in [2.45, 2.75) is 26.9 Å². The highest BCUT2D eigenvalue weighted by molar-refractivity contribution is 5.48. The van der Waals surface area contributed by atoms with Crippen molar-refractivity contribution in [3.63, 3.8) is 0 Å². The number of rotatable bonds is 6. The number of hydrogen-bond acceptors (Lipinski definition) is 3. The standard InChI is InChI=1S/C19H25NO2/c1-5-20(16-9-7-6-8-10-16)13-18(21)19-14(2)11-17(22-4)12-15(19)3/h6-12,18,21H,5,13H2,1-4H3. The molecule has 0 saturated heterocycles. The molecule has 0 aliphatic rings. The Bertz CT molecular complexity index is 587. The van der Waals surface area contributed by atoms with Crippen LogP contribution in [0.4, 0.5) is 5.69 Å². The van der Waals surface area contributed by atoms with E-state index in [1.54, 1.807) is 7.11 Å². The van der Waals surface area contributed by atoms with Gasteiger partial charge in [-0.1, -0.05) is 18.2 Å². The summed E-state index contributed by atoms with van der Waals surface area (Å²) >= 11 is 0. The van der Waals surface area contributed by atoms with Gasteiger partial charge in [-0.05, 0) is 61.7 Å². The van der Waals surface area contributed by atoms with Crippen molar-refractivity contribution < 1.29 is 9.84 Å². The smallest absolute Gasteiger partial charge is 0.119 e. The maximum Gasteiger partial charge on any atom is 0.119 e. The van der Waals surface area contributed by atoms with E-state index in [1.165, 1.54) is 0 Å². The summed E-state index contributed by atoms with van der Waals surface area (Å²) in [6, 6.07) is 14.1. The average molecular weight is 299 g/mol. The summed E-state index contributed by atoms with van der Waals surface area (Å²) in [6.07, 6.45) is -0.522. The number of nitrogens with zero attached hydrogens (tertiary/aromatic N) is 1. The highest BCUT2D eigenvalue weighted by Crippen LogP contribution is 2.28. The molecule has 2 rings (SSSR count). The molecule has 0 aliphatic carbocycles. The van der Waals surface area contributed by atoms with Crippen LogP contribution in [0.1, 0.15) is 29.7 Å². The number of aliphatic hydroxyl groups excluding tert-OH is 1. The van der Waals surface area contributed by atoms with Crippen molar-refractivity contribution in [3.8, 4) is 5.75 Å². The van der Waals surface area contributed by atoms with E-state index in [4.69, 9.17) is 4.74 Å². The molecule has 118 valence electrons. The molecule has 0 saturated carbocycles. The van der Waals surface area contributed by atoms with Gasteiger partial charge in [0.15, 0.2) is 0 Å². The van der Waals surface area contributed by atoms with Gasteiger partial charge in [0.25, 0.3) is 0 Å². The van der Waals surface area contributed by atoms with E-state index < -0.39 is 6.10 Å². The Hall–Kier alpha value is -2.00. The molecule has 3 nitrogen and oxygen atoms in total. The zero-order valence-corrected chi connectivity index (χ0v) is 13.8. The first-order valence-electron chi connectivity index (χ1n) is 7.70. The van der Waals surface area contributed by atoms with Crippen LogP contribution in [0.15, 0.2) is 42.5 Å². The lowest BCUT2D eigenvalue weighted by molar-refractivity contribution is 0.182. The van der Waals surface area contributed by atoms with Crippen molar-refractivity contribution in [1.29, 1.82) is 0 Å². The maximum absolute atomic E-state index is 10.7. The van der Waals surface area contributed by atoms with Gasteiger partial charge in [0.1, 0.15) is 5.75 Å². The van der Waals surface area contributed by atoms with Crippen LogP contribution in [0, 0.1) is 13.8 Å². The third-order valence-corrected chi connectivity index (χ3v) is 4.03. The van der Waals surface area contributed by atoms with Gasteiger partial charge >= 0.3 is 0 Å². The third-order valence-electron chi connectivity index (χ3n) is 4.03. The van der Waals surface area contributed by atoms with Crippen molar-refractivity contribution in [1.82, 2.24) is 0 Å². The molecule has 2 aromatic rings. The minimum absolute atomic E-state index is 0.522. The maximum atomic E-state index is 10.7. The molecule has 1 atom stereocenters. The molecule has 0 spiro atoms. The van der Waals surface area contributed by atoms with Gasteiger partial charge in [0.05, 0.1) is 13.2 Å². The molecular formula is C19H25NO2. The summed E-state index contributed by atoms with van der Waals surface area (Å²) in [5, 5.41) is 10.7. The topological polar surface area (TPSA) is 32.7 Å². The minimum Gasteiger partial charge on any atom is -0.497 e. The zero-order valence-electron chi connectivity index (χ0n) is 13.8. The van der Waals surface area contributed by atoms with Gasteiger partial charge in [0.2, 0.25) is 0 Å². The van der Waals surface area contributed by atoms with Crippen LogP contribution >= 0.6 is 0 Å². The Labute approximate surface area is 133 Å². The van der Waals surface area contributed by atoms with E-state index in [-0.39, 0.29) is 0 Å². The second-order valence-corrected chi connectivity index (χ2v) is 5.56. The number of methoxy groups -OCH3 is 1. The van der Waals surface area contributed by atoms with E-state index in [0.29, 0.717) is 6.54 Å². The molecule has 3 heteroatoms. The lowest BCUT2D eigenvalue weighted by Crippen LogP contribution is -2.28. The summed E-state index contributed by atoms with van der Waals surface area (Å²) in [5.74, 6) is 0.835. The molecular weight excluding hydrogens is 274 g/mol. The average Bonchev–Trinajstić information content (AvgIpc) is 2.52. The van der Waals surface area contributed by atoms with Crippen molar-refractivity contribution in [3.05, 3.63) is 59.2 Å². The molecule has 0 fully saturated rings. The quantitative estimate of drug-likeness (QED) is 0.879. The summed E-state index contributed by atoms with van der Waals surface area (Å²) in [5.41, 5.74) is 4.25. The van der Waals surface area contributed by atoms with Gasteiger partial charge in [-0.15, -0.1) is 0 Å². The third kappa shape index (κ3) is 3.60. The van der Waals surface area contributed by atoms with Crippen LogP contribution in [-0.2, 0) is 0 Å². The van der Waals surface area contributed by atoms with Crippen molar-refractivity contribution in [2.75, 3.05) is 25.1 Å². The lowest BCUT2D eigenvalue weighted by Gasteiger charge is -2.27. The molecule has 0 aliphatic heterocycles. The molecule has 0 heterocycles. The number of ether oxygens (including phenoxy) is 1. The van der Waals surface area contributed by atoms with Crippen LogP contribution in [-0.4, -0.2) is 25.3 Å². The number of likely N-dealkylation sites (N-methyl/N-ethyl adjacent to an activating group) is 1. The predicted molar refractivity (Wildman–Crippen MR) is 91.8 cm³/mol. The zero-order chi connectivity index (χ0) is 16.1. The molecule has 1 unspecified atom stereocenters. The van der Waals surface area contributed by atoms with Crippen LogP contribution < -0.4 is 9.64 Å². The summed E-state index contributed by atoms with van der Waals surface area (Å²) in [6.45, 7) is 7.58. The molecule has 22 heavy (non-hydrogen) atoms. The number of hydrogen-bond donors (Lipinski definition) is 1. The highest BCUT2D eigenvalue weighted by atomic mass is 16.5. The highest BCUT2D eigenvalue weighted by Gasteiger charge is 2.17. The van der Waals surface area contributed by atoms with Gasteiger partial charge in [-0.25, -0.2) is 0 Å². The van der Waals surface area contributed by atoms with Crippen LogP contribution in [0.5, 0.6) is 5.75 Å². The van der Waals surface area contributed by atoms with Crippen LogP contribution in [0.3, 0.4) is 0 Å². The first-order valence-corrected chi connectivity index (χ1v) is 7.70. The van der Waals surface area contributed by atoms with E-state index >= 15 is 0 Å². The number of anilines is 1. The van der Waals surface area contributed by atoms with E-state index in [9.17, 15) is 5.11 Å². The van der Waals surface area contributed by atoms with Gasteiger partial charge in [-0.3, -0.25) is 0 Å². The second kappa shape index (κ2) is 7.32. The number of aliphatic hydroxyl groups is 1. The van der Waals surface area contributed by atoms with Gasteiger partial charge in [0, 0.05) is 18.8 Å². The monoisotopic (exact) mass is 299 g/mol. The molecule has 0 bridgehead atoms. The summed E-state index contributed by atoms with van der Waals surface area (Å²) in [7, 11) is 1.67. The summed E-state index contributed by atoms with van der Waals surface area (Å²) < 4.78 is 5.29. The fourth-order valence-corrected chi connectivity index (χ4v) is 2.93. The van der Waals surface area contributed by atoms with E-state index in [0.717, 1.165) is 34.7 Å². The molecule has 0 radical (unpaired) electrons. The number of para-hydroxylation sites is 1. The first-order chi connectivity index (χ1) is 10.6. The summed E-state index contributed by atoms with van der Waals surface area (Å²) in [4.78, 5) is 2.19. The fourth-order valence-electron chi connectivity index (χ4n) is 2.93. The predicted octanol–water partition coefficient (Wildman–Crippen LogP) is 3.87. The van der Waals surface area contributed by atoms with E-state index in [1.807, 2.05) is 44.2 Å². The Morgan fingerprint density at radius 2 is 1.68 bits per heavy atom. The van der Waals surface area contributed by atoms with Gasteiger partial charge in [-0.2, -0.15) is 0 Å². The fraction of sp³-hybridized carbons (Fsp3) is 0.368. The Kier molecular flexibility index (Phi) is 5.45. The molecule has 2 aromatic carbocycles. The number of aryl methyl sites for hydroxylation is 2. The van der Waals surface area contributed by atoms with Crippen LogP contribution in [0.25, 0.3) is 0 Å². The number of benzene rings is 2. The van der Waals surface area contributed by atoms with Gasteiger partial charge < -0.3 is 14.7 Å². The molecule has 0 amide bonds. The Balaban J connectivity index is 2.23. The van der Waals surface area contributed by atoms with Crippen molar-refractivity contribution >= 4 is 5.69 Å². The second-order valence-electron chi connectivity index (χ2n) is 5.56. The largest absolute Gasteiger partial charge is 0.497 e. The Morgan fingerprint density at radius 1 is 1.09 bits per heavy atom. The molecule has 0 aromatic heterocycles. The van der Waals surface area contributed by atoms with Crippen molar-refractivity contribution in [2.24, 2.45) is 0 Å². The first kappa shape index (κ1) is 16.4.